The van der Waals surface area contributed by atoms with Crippen molar-refractivity contribution in [3.8, 4) is 10.7 Å². The highest BCUT2D eigenvalue weighted by Crippen LogP contribution is 2.25. The molecule has 4 nitrogen and oxygen atoms in total. The SMILES string of the molecule is CC1CCCC(C)N1C(=O)CCc1csc(-c2ccccn2)n1. The number of carbonyl (C=O) groups excluding carboxylic acids is 1. The van der Waals surface area contributed by atoms with Gasteiger partial charge in [-0.25, -0.2) is 4.98 Å². The molecule has 0 aromatic carbocycles. The smallest absolute Gasteiger partial charge is 0.223 e. The number of likely N-dealkylation sites (tertiary alicyclic amines) is 1. The maximum absolute atomic E-state index is 12.6. The average Bonchev–Trinajstić information content (AvgIpc) is 3.02. The summed E-state index contributed by atoms with van der Waals surface area (Å²) >= 11 is 1.59. The maximum Gasteiger partial charge on any atom is 0.223 e. The Hall–Kier alpha value is -1.75. The molecule has 1 saturated heterocycles. The van der Waals surface area contributed by atoms with Crippen molar-refractivity contribution in [3.05, 3.63) is 35.5 Å². The number of hydrogen-bond acceptors (Lipinski definition) is 4. The van der Waals surface area contributed by atoms with E-state index in [0.717, 1.165) is 29.2 Å². The molecule has 2 aromatic heterocycles. The van der Waals surface area contributed by atoms with E-state index in [-0.39, 0.29) is 5.91 Å². The molecule has 0 bridgehead atoms. The molecule has 1 fully saturated rings. The Balaban J connectivity index is 1.60. The summed E-state index contributed by atoms with van der Waals surface area (Å²) in [4.78, 5) is 23.6. The first-order valence-corrected chi connectivity index (χ1v) is 9.20. The molecule has 1 aliphatic heterocycles. The topological polar surface area (TPSA) is 46.1 Å². The fourth-order valence-corrected chi connectivity index (χ4v) is 4.14. The summed E-state index contributed by atoms with van der Waals surface area (Å²) in [5.74, 6) is 0.261. The van der Waals surface area contributed by atoms with E-state index in [4.69, 9.17) is 0 Å². The van der Waals surface area contributed by atoms with Crippen LogP contribution in [-0.4, -0.2) is 32.9 Å². The van der Waals surface area contributed by atoms with E-state index in [9.17, 15) is 4.79 Å². The summed E-state index contributed by atoms with van der Waals surface area (Å²) in [6.45, 7) is 4.32. The first kappa shape index (κ1) is 16.1. The second-order valence-corrected chi connectivity index (χ2v) is 7.15. The predicted molar refractivity (Wildman–Crippen MR) is 93.3 cm³/mol. The van der Waals surface area contributed by atoms with Crippen molar-refractivity contribution in [2.75, 3.05) is 0 Å². The van der Waals surface area contributed by atoms with Gasteiger partial charge < -0.3 is 4.90 Å². The third-order valence-corrected chi connectivity index (χ3v) is 5.43. The first-order valence-electron chi connectivity index (χ1n) is 8.32. The van der Waals surface area contributed by atoms with Gasteiger partial charge in [0.05, 0.1) is 11.4 Å². The van der Waals surface area contributed by atoms with E-state index in [2.05, 4.69) is 28.7 Å². The van der Waals surface area contributed by atoms with Gasteiger partial charge in [-0.15, -0.1) is 11.3 Å². The van der Waals surface area contributed by atoms with Gasteiger partial charge in [-0.1, -0.05) is 6.07 Å². The van der Waals surface area contributed by atoms with Gasteiger partial charge in [-0.2, -0.15) is 0 Å². The van der Waals surface area contributed by atoms with Crippen LogP contribution in [-0.2, 0) is 11.2 Å². The van der Waals surface area contributed by atoms with Crippen molar-refractivity contribution >= 4 is 17.2 Å². The van der Waals surface area contributed by atoms with Crippen LogP contribution in [0.15, 0.2) is 29.8 Å². The molecule has 23 heavy (non-hydrogen) atoms. The molecule has 2 unspecified atom stereocenters. The van der Waals surface area contributed by atoms with Crippen molar-refractivity contribution in [2.24, 2.45) is 0 Å². The minimum Gasteiger partial charge on any atom is -0.337 e. The number of pyridine rings is 1. The molecular weight excluding hydrogens is 306 g/mol. The lowest BCUT2D eigenvalue weighted by Crippen LogP contribution is -2.47. The van der Waals surface area contributed by atoms with Crippen molar-refractivity contribution in [3.63, 3.8) is 0 Å². The maximum atomic E-state index is 12.6. The Morgan fingerprint density at radius 3 is 2.78 bits per heavy atom. The van der Waals surface area contributed by atoms with E-state index in [1.165, 1.54) is 6.42 Å². The van der Waals surface area contributed by atoms with Crippen LogP contribution in [0.1, 0.15) is 45.2 Å². The molecular formula is C18H23N3OS. The van der Waals surface area contributed by atoms with Gasteiger partial charge >= 0.3 is 0 Å². The highest BCUT2D eigenvalue weighted by Gasteiger charge is 2.28. The second kappa shape index (κ2) is 7.21. The Morgan fingerprint density at radius 2 is 2.09 bits per heavy atom. The van der Waals surface area contributed by atoms with Crippen LogP contribution in [0.4, 0.5) is 0 Å². The van der Waals surface area contributed by atoms with Gasteiger partial charge in [-0.05, 0) is 51.7 Å². The fraction of sp³-hybridized carbons (Fsp3) is 0.500. The number of aromatic nitrogens is 2. The van der Waals surface area contributed by atoms with Gasteiger partial charge in [-0.3, -0.25) is 9.78 Å². The van der Waals surface area contributed by atoms with Gasteiger partial charge in [0, 0.05) is 30.1 Å². The number of thiazole rings is 1. The van der Waals surface area contributed by atoms with Crippen LogP contribution in [0.5, 0.6) is 0 Å². The molecule has 1 amide bonds. The number of carbonyl (C=O) groups is 1. The summed E-state index contributed by atoms with van der Waals surface area (Å²) in [5.41, 5.74) is 1.88. The number of rotatable bonds is 4. The molecule has 0 radical (unpaired) electrons. The van der Waals surface area contributed by atoms with Crippen molar-refractivity contribution < 1.29 is 4.79 Å². The van der Waals surface area contributed by atoms with E-state index in [1.807, 2.05) is 23.6 Å². The second-order valence-electron chi connectivity index (χ2n) is 6.29. The Bertz CT molecular complexity index is 645. The van der Waals surface area contributed by atoms with Crippen LogP contribution >= 0.6 is 11.3 Å². The molecule has 122 valence electrons. The quantitative estimate of drug-likeness (QED) is 0.854. The van der Waals surface area contributed by atoms with Crippen LogP contribution < -0.4 is 0 Å². The number of aryl methyl sites for hydroxylation is 1. The number of piperidine rings is 1. The Labute approximate surface area is 141 Å². The third kappa shape index (κ3) is 3.78. The molecule has 0 aliphatic carbocycles. The largest absolute Gasteiger partial charge is 0.337 e. The molecule has 2 atom stereocenters. The Kier molecular flexibility index (Phi) is 5.06. The molecule has 0 N–H and O–H groups in total. The van der Waals surface area contributed by atoms with Crippen molar-refractivity contribution in [2.45, 2.75) is 58.0 Å². The summed E-state index contributed by atoms with van der Waals surface area (Å²) in [5, 5.41) is 2.97. The van der Waals surface area contributed by atoms with Gasteiger partial charge in [0.15, 0.2) is 0 Å². The molecule has 1 aliphatic rings. The lowest BCUT2D eigenvalue weighted by molar-refractivity contribution is -0.137. The summed E-state index contributed by atoms with van der Waals surface area (Å²) < 4.78 is 0. The highest BCUT2D eigenvalue weighted by molar-refractivity contribution is 7.13. The van der Waals surface area contributed by atoms with Gasteiger partial charge in [0.25, 0.3) is 0 Å². The summed E-state index contributed by atoms with van der Waals surface area (Å²) in [6, 6.07) is 6.56. The predicted octanol–water partition coefficient (Wildman–Crippen LogP) is 3.93. The van der Waals surface area contributed by atoms with E-state index in [0.29, 0.717) is 24.9 Å². The highest BCUT2D eigenvalue weighted by atomic mass is 32.1. The van der Waals surface area contributed by atoms with E-state index >= 15 is 0 Å². The van der Waals surface area contributed by atoms with Crippen molar-refractivity contribution in [1.29, 1.82) is 0 Å². The van der Waals surface area contributed by atoms with Gasteiger partial charge in [0.2, 0.25) is 5.91 Å². The van der Waals surface area contributed by atoms with Crippen LogP contribution in [0.3, 0.4) is 0 Å². The minimum atomic E-state index is 0.261. The molecule has 0 spiro atoms. The number of nitrogens with zero attached hydrogens (tertiary/aromatic N) is 3. The summed E-state index contributed by atoms with van der Waals surface area (Å²) in [7, 11) is 0. The summed E-state index contributed by atoms with van der Waals surface area (Å²) in [6.07, 6.45) is 6.50. The molecule has 3 heterocycles. The zero-order valence-corrected chi connectivity index (χ0v) is 14.6. The number of hydrogen-bond donors (Lipinski definition) is 0. The van der Waals surface area contributed by atoms with E-state index in [1.54, 1.807) is 17.5 Å². The van der Waals surface area contributed by atoms with Crippen LogP contribution in [0.25, 0.3) is 10.7 Å². The van der Waals surface area contributed by atoms with Crippen molar-refractivity contribution in [1.82, 2.24) is 14.9 Å². The van der Waals surface area contributed by atoms with Gasteiger partial charge in [0.1, 0.15) is 5.01 Å². The normalized spacial score (nSPS) is 21.4. The van der Waals surface area contributed by atoms with Crippen LogP contribution in [0, 0.1) is 0 Å². The zero-order valence-electron chi connectivity index (χ0n) is 13.7. The molecule has 0 saturated carbocycles. The standard InChI is InChI=1S/C18H23N3OS/c1-13-6-5-7-14(2)21(13)17(22)10-9-15-12-23-18(20-15)16-8-3-4-11-19-16/h3-4,8,11-14H,5-7,9-10H2,1-2H3. The fourth-order valence-electron chi connectivity index (χ4n) is 3.31. The molecule has 5 heteroatoms. The zero-order chi connectivity index (χ0) is 16.2. The average molecular weight is 329 g/mol. The number of amides is 1. The Morgan fingerprint density at radius 1 is 1.30 bits per heavy atom. The minimum absolute atomic E-state index is 0.261. The lowest BCUT2D eigenvalue weighted by Gasteiger charge is -2.39. The molecule has 2 aromatic rings. The third-order valence-electron chi connectivity index (χ3n) is 4.51. The lowest BCUT2D eigenvalue weighted by atomic mass is 9.97. The monoisotopic (exact) mass is 329 g/mol. The van der Waals surface area contributed by atoms with Crippen LogP contribution in [0.2, 0.25) is 0 Å². The molecule has 3 rings (SSSR count). The van der Waals surface area contributed by atoms with E-state index < -0.39 is 0 Å². The first-order chi connectivity index (χ1) is 11.1.